The minimum Gasteiger partial charge on any atom is -0.507 e. The topological polar surface area (TPSA) is 163 Å². The van der Waals surface area contributed by atoms with Crippen molar-refractivity contribution in [3.63, 3.8) is 0 Å². The number of aliphatic hydroxyl groups excluding tert-OH is 1. The normalized spacial score (nSPS) is 36.6. The van der Waals surface area contributed by atoms with E-state index >= 15 is 0 Å². The van der Waals surface area contributed by atoms with Crippen molar-refractivity contribution in [2.24, 2.45) is 34.5 Å². The molecule has 2 saturated carbocycles. The fraction of sp³-hybridized carbons (Fsp3) is 0.625. The lowest BCUT2D eigenvalue weighted by molar-refractivity contribution is -0.240. The zero-order valence-electron chi connectivity index (χ0n) is 24.7. The van der Waals surface area contributed by atoms with Crippen LogP contribution in [-0.4, -0.2) is 61.7 Å². The second-order valence-corrected chi connectivity index (χ2v) is 13.0. The fourth-order valence-electron chi connectivity index (χ4n) is 8.21. The predicted molar refractivity (Wildman–Crippen MR) is 147 cm³/mol. The van der Waals surface area contributed by atoms with Crippen LogP contribution < -0.4 is 0 Å². The largest absolute Gasteiger partial charge is 0.507 e. The molecule has 0 saturated heterocycles. The van der Waals surface area contributed by atoms with E-state index in [1.54, 1.807) is 32.9 Å². The summed E-state index contributed by atoms with van der Waals surface area (Å²) in [7, 11) is 0. The smallest absolute Gasteiger partial charge is 0.191 e. The van der Waals surface area contributed by atoms with Crippen LogP contribution in [0.2, 0.25) is 0 Å². The summed E-state index contributed by atoms with van der Waals surface area (Å²) in [5.41, 5.74) is -6.24. The number of hydrogen-bond donors (Lipinski definition) is 3. The Kier molecular flexibility index (Phi) is 7.58. The fourth-order valence-corrected chi connectivity index (χ4v) is 8.21. The summed E-state index contributed by atoms with van der Waals surface area (Å²) in [6.45, 7) is 10.8. The third-order valence-corrected chi connectivity index (χ3v) is 10.5. The minimum absolute atomic E-state index is 0.113. The number of fused-ring (bicyclic) bond motifs is 3. The van der Waals surface area contributed by atoms with Crippen molar-refractivity contribution in [2.45, 2.75) is 91.8 Å². The van der Waals surface area contributed by atoms with E-state index in [0.717, 1.165) is 13.3 Å². The zero-order valence-corrected chi connectivity index (χ0v) is 24.7. The van der Waals surface area contributed by atoms with E-state index in [4.69, 9.17) is 0 Å². The van der Waals surface area contributed by atoms with Gasteiger partial charge in [0.15, 0.2) is 28.7 Å². The Bertz CT molecular complexity index is 1380. The number of phenolic OH excluding ortho intramolecular Hbond substituents is 1. The maximum Gasteiger partial charge on any atom is 0.191 e. The lowest BCUT2D eigenvalue weighted by Crippen LogP contribution is -2.81. The van der Waals surface area contributed by atoms with E-state index in [-0.39, 0.29) is 23.3 Å². The monoisotopic (exact) mass is 568 g/mol. The molecule has 222 valence electrons. The number of aliphatic hydroxyl groups is 2. The van der Waals surface area contributed by atoms with Crippen molar-refractivity contribution in [1.82, 2.24) is 0 Å². The van der Waals surface area contributed by atoms with Crippen molar-refractivity contribution in [3.8, 4) is 5.75 Å². The van der Waals surface area contributed by atoms with Crippen molar-refractivity contribution < 1.29 is 44.1 Å². The van der Waals surface area contributed by atoms with Gasteiger partial charge in [0.2, 0.25) is 0 Å². The maximum atomic E-state index is 14.4. The number of carbonyl (C=O) groups excluding carboxylic acids is 6. The molecule has 9 heteroatoms. The first-order valence-corrected chi connectivity index (χ1v) is 14.4. The van der Waals surface area contributed by atoms with Crippen molar-refractivity contribution in [2.75, 3.05) is 0 Å². The first kappa shape index (κ1) is 30.9. The van der Waals surface area contributed by atoms with Crippen LogP contribution in [-0.2, 0) is 30.4 Å². The second kappa shape index (κ2) is 10.1. The molecular weight excluding hydrogens is 528 g/mol. The Labute approximate surface area is 239 Å². The van der Waals surface area contributed by atoms with Gasteiger partial charge in [-0.05, 0) is 30.7 Å². The third kappa shape index (κ3) is 3.80. The van der Waals surface area contributed by atoms with Gasteiger partial charge < -0.3 is 15.3 Å². The maximum absolute atomic E-state index is 14.4. The highest BCUT2D eigenvalue weighted by molar-refractivity contribution is 6.33. The molecule has 0 aromatic heterocycles. The van der Waals surface area contributed by atoms with Gasteiger partial charge in [-0.1, -0.05) is 60.1 Å². The highest BCUT2D eigenvalue weighted by Gasteiger charge is 2.80. The molecule has 4 rings (SSSR count). The van der Waals surface area contributed by atoms with Crippen LogP contribution in [0.1, 0.15) is 95.1 Å². The molecule has 9 nitrogen and oxygen atoms in total. The number of hydrogen-bond acceptors (Lipinski definition) is 9. The summed E-state index contributed by atoms with van der Waals surface area (Å²) in [6.07, 6.45) is -0.0149. The molecular formula is C32H40O9. The predicted octanol–water partition coefficient (Wildman–Crippen LogP) is 2.93. The Balaban J connectivity index is 1.95. The second-order valence-electron chi connectivity index (χ2n) is 13.0. The standard InChI is InChI=1S/C32H40O9/c1-8-9-10-18(34)13-17-11-12-19-15(4)30(6)23(26(37)21(19)24(17)35)28(39)32(41)27(38)20(16(5)33)25(36)22(14(2)3)31(32,7)29(30)40/h11-12,14-15,20,22-23,29,35,40-41H,8-10,13H2,1-7H3/t15-,20?,22?,23?,29-,30+,31+,32+/m1/s1. The van der Waals surface area contributed by atoms with Crippen LogP contribution in [0, 0.1) is 34.5 Å². The molecule has 0 heterocycles. The Morgan fingerprint density at radius 1 is 1.05 bits per heavy atom. The van der Waals surface area contributed by atoms with E-state index in [2.05, 4.69) is 0 Å². The average molecular weight is 569 g/mol. The van der Waals surface area contributed by atoms with E-state index in [1.807, 2.05) is 6.92 Å². The third-order valence-electron chi connectivity index (χ3n) is 10.5. The summed E-state index contributed by atoms with van der Waals surface area (Å²) in [4.78, 5) is 81.0. The van der Waals surface area contributed by atoms with Crippen LogP contribution >= 0.6 is 0 Å². The van der Waals surface area contributed by atoms with Crippen LogP contribution in [0.15, 0.2) is 12.1 Å². The van der Waals surface area contributed by atoms with E-state index in [9.17, 15) is 44.1 Å². The molecule has 0 bridgehead atoms. The Morgan fingerprint density at radius 3 is 2.20 bits per heavy atom. The van der Waals surface area contributed by atoms with Gasteiger partial charge >= 0.3 is 0 Å². The molecule has 3 unspecified atom stereocenters. The van der Waals surface area contributed by atoms with Gasteiger partial charge in [-0.3, -0.25) is 28.8 Å². The molecule has 0 amide bonds. The molecule has 41 heavy (non-hydrogen) atoms. The van der Waals surface area contributed by atoms with Crippen LogP contribution in [0.5, 0.6) is 5.75 Å². The van der Waals surface area contributed by atoms with Gasteiger partial charge in [0, 0.05) is 35.2 Å². The van der Waals surface area contributed by atoms with Gasteiger partial charge in [-0.2, -0.15) is 0 Å². The van der Waals surface area contributed by atoms with E-state index in [0.29, 0.717) is 18.4 Å². The summed E-state index contributed by atoms with van der Waals surface area (Å²) < 4.78 is 0. The summed E-state index contributed by atoms with van der Waals surface area (Å²) in [6, 6.07) is 3.16. The quantitative estimate of drug-likeness (QED) is 0.420. The zero-order chi connectivity index (χ0) is 31.0. The molecule has 2 fully saturated rings. The van der Waals surface area contributed by atoms with Crippen molar-refractivity contribution in [3.05, 3.63) is 28.8 Å². The van der Waals surface area contributed by atoms with Crippen LogP contribution in [0.25, 0.3) is 0 Å². The molecule has 8 atom stereocenters. The Hall–Kier alpha value is -3.04. The highest BCUT2D eigenvalue weighted by atomic mass is 16.3. The number of ketones is 6. The first-order valence-electron chi connectivity index (χ1n) is 14.4. The first-order chi connectivity index (χ1) is 18.9. The Morgan fingerprint density at radius 2 is 1.66 bits per heavy atom. The minimum atomic E-state index is -3.01. The van der Waals surface area contributed by atoms with Gasteiger partial charge in [0.25, 0.3) is 0 Å². The molecule has 0 spiro atoms. The van der Waals surface area contributed by atoms with E-state index in [1.165, 1.54) is 13.8 Å². The summed E-state index contributed by atoms with van der Waals surface area (Å²) in [5, 5.41) is 35.5. The van der Waals surface area contributed by atoms with Gasteiger partial charge in [0.1, 0.15) is 23.2 Å². The molecule has 3 aliphatic rings. The van der Waals surface area contributed by atoms with Crippen molar-refractivity contribution >= 4 is 34.7 Å². The molecule has 0 radical (unpaired) electrons. The SMILES string of the molecule is CCCCC(=O)Cc1ccc2c(c1O)C(=O)C1C(=O)[C@@]3(O)C(=O)C(C(C)=O)C(=O)C(C(C)C)[C@@]3(C)[C@H](O)[C@@]1(C)[C@@H]2C. The number of phenols is 1. The number of carbonyl (C=O) groups is 6. The molecule has 3 N–H and O–H groups in total. The number of aromatic hydroxyl groups is 1. The van der Waals surface area contributed by atoms with Gasteiger partial charge in [-0.25, -0.2) is 0 Å². The lowest BCUT2D eigenvalue weighted by Gasteiger charge is -2.65. The van der Waals surface area contributed by atoms with Gasteiger partial charge in [0.05, 0.1) is 17.6 Å². The average Bonchev–Trinajstić information content (AvgIpc) is 2.88. The lowest BCUT2D eigenvalue weighted by atomic mass is 9.37. The molecule has 0 aliphatic heterocycles. The number of Topliss-reactive ketones (excluding diaryl/α,β-unsaturated/α-hetero) is 6. The van der Waals surface area contributed by atoms with Gasteiger partial charge in [-0.15, -0.1) is 0 Å². The number of benzene rings is 1. The van der Waals surface area contributed by atoms with Crippen LogP contribution in [0.4, 0.5) is 0 Å². The number of unbranched alkanes of at least 4 members (excludes halogenated alkanes) is 1. The summed E-state index contributed by atoms with van der Waals surface area (Å²) in [5.74, 6) is -11.8. The summed E-state index contributed by atoms with van der Waals surface area (Å²) >= 11 is 0. The van der Waals surface area contributed by atoms with E-state index < -0.39 is 86.8 Å². The van der Waals surface area contributed by atoms with Crippen molar-refractivity contribution in [1.29, 1.82) is 0 Å². The van der Waals surface area contributed by atoms with Crippen LogP contribution in [0.3, 0.4) is 0 Å². The number of rotatable bonds is 7. The molecule has 3 aliphatic carbocycles. The molecule has 1 aromatic carbocycles. The molecule has 1 aromatic rings. The highest BCUT2D eigenvalue weighted by Crippen LogP contribution is 2.66.